The van der Waals surface area contributed by atoms with Gasteiger partial charge in [0, 0.05) is 41.6 Å². The average Bonchev–Trinajstić information content (AvgIpc) is 3.71. The molecule has 1 unspecified atom stereocenters. The molecule has 42 heavy (non-hydrogen) atoms. The molecule has 1 aliphatic rings. The number of hydrogen-bond donors (Lipinski definition) is 8. The predicted octanol–water partition coefficient (Wildman–Crippen LogP) is 5.50. The molecule has 1 saturated heterocycles. The van der Waals surface area contributed by atoms with Crippen LogP contribution in [0.5, 0.6) is 0 Å². The van der Waals surface area contributed by atoms with Crippen molar-refractivity contribution in [2.45, 2.75) is 18.9 Å². The second-order valence-corrected chi connectivity index (χ2v) is 9.42. The Morgan fingerprint density at radius 3 is 1.86 bits per heavy atom. The molecule has 5 aromatic rings. The van der Waals surface area contributed by atoms with Gasteiger partial charge in [-0.05, 0) is 73.5 Å². The molecular weight excluding hydrogens is 542 g/mol. The van der Waals surface area contributed by atoms with Gasteiger partial charge in [-0.25, -0.2) is 19.2 Å². The van der Waals surface area contributed by atoms with Gasteiger partial charge in [-0.1, -0.05) is 0 Å². The van der Waals surface area contributed by atoms with Crippen LogP contribution in [0.1, 0.15) is 29.8 Å². The molecule has 6 rings (SSSR count). The van der Waals surface area contributed by atoms with Crippen LogP contribution in [0.3, 0.4) is 0 Å². The molecule has 1 atom stereocenters. The molecule has 0 bridgehead atoms. The molecule has 0 spiro atoms. The highest BCUT2D eigenvalue weighted by molar-refractivity contribution is 6.00. The van der Waals surface area contributed by atoms with Crippen molar-refractivity contribution in [3.05, 3.63) is 87.2 Å². The number of rotatable bonds is 5. The largest absolute Gasteiger partial charge is 0.376 e. The Hall–Kier alpha value is -5.81. The number of carbonyl (C=O) groups excluding carboxylic acids is 2. The lowest BCUT2D eigenvalue weighted by Crippen LogP contribution is -2.35. The van der Waals surface area contributed by atoms with Gasteiger partial charge >= 0.3 is 23.4 Å². The van der Waals surface area contributed by atoms with Crippen LogP contribution in [0.25, 0.3) is 22.1 Å². The zero-order valence-corrected chi connectivity index (χ0v) is 22.2. The fourth-order valence-corrected chi connectivity index (χ4v) is 4.33. The zero-order chi connectivity index (χ0) is 29.5. The number of imidazole rings is 2. The van der Waals surface area contributed by atoms with Gasteiger partial charge in [-0.15, -0.1) is 0 Å². The fourth-order valence-electron chi connectivity index (χ4n) is 4.33. The topological polar surface area (TPSA) is 213 Å². The molecule has 1 fully saturated rings. The lowest BCUT2D eigenvalue weighted by Gasteiger charge is -2.11. The molecule has 0 saturated carbocycles. The quantitative estimate of drug-likeness (QED) is 0.133. The Morgan fingerprint density at radius 1 is 0.786 bits per heavy atom. The van der Waals surface area contributed by atoms with Crippen molar-refractivity contribution in [1.82, 2.24) is 25.3 Å². The van der Waals surface area contributed by atoms with Gasteiger partial charge in [0.2, 0.25) is 0 Å². The maximum absolute atomic E-state index is 11.9. The number of carbonyl (C=O) groups is 2. The summed E-state index contributed by atoms with van der Waals surface area (Å²) in [5, 5.41) is 19.5. The average molecular weight is 586 g/mol. The third-order valence-corrected chi connectivity index (χ3v) is 6.33. The molecule has 2 aromatic heterocycles. The highest BCUT2D eigenvalue weighted by Crippen LogP contribution is 2.16. The number of aromatic nitrogens is 4. The Labute approximate surface area is 249 Å². The van der Waals surface area contributed by atoms with E-state index in [2.05, 4.69) is 41.2 Å². The van der Waals surface area contributed by atoms with Crippen LogP contribution < -0.4 is 32.6 Å². The normalized spacial score (nSPS) is 14.0. The van der Waals surface area contributed by atoms with Gasteiger partial charge in [0.15, 0.2) is 0 Å². The summed E-state index contributed by atoms with van der Waals surface area (Å²) >= 11 is 0. The van der Waals surface area contributed by atoms with E-state index >= 15 is 0 Å². The van der Waals surface area contributed by atoms with Crippen molar-refractivity contribution in [2.75, 3.05) is 29.1 Å². The maximum Gasteiger partial charge on any atom is 0.323 e. The number of ether oxygens (including phenoxy) is 1. The van der Waals surface area contributed by atoms with Gasteiger partial charge in [-0.2, -0.15) is 5.26 Å². The van der Waals surface area contributed by atoms with E-state index in [1.165, 1.54) is 0 Å². The van der Waals surface area contributed by atoms with Gasteiger partial charge in [0.05, 0.1) is 39.8 Å². The van der Waals surface area contributed by atoms with E-state index in [9.17, 15) is 19.2 Å². The first kappa shape index (κ1) is 27.7. The molecular formula is C28H43N9O5. The second kappa shape index (κ2) is 12.6. The fraction of sp³-hybridized carbons (Fsp3) is 0.179. The van der Waals surface area contributed by atoms with Crippen LogP contribution >= 0.6 is 0 Å². The third-order valence-electron chi connectivity index (χ3n) is 6.33. The molecule has 14 nitrogen and oxygen atoms in total. The highest BCUT2D eigenvalue weighted by Gasteiger charge is 2.16. The number of fused-ring (bicyclic) bond motifs is 2. The summed E-state index contributed by atoms with van der Waals surface area (Å²) in [7, 11) is 0. The van der Waals surface area contributed by atoms with Crippen molar-refractivity contribution in [2.24, 2.45) is 0 Å². The molecule has 230 valence electrons. The van der Waals surface area contributed by atoms with E-state index in [0.717, 1.165) is 19.4 Å². The molecule has 1 aliphatic heterocycles. The number of H-pyrrole nitrogens is 4. The van der Waals surface area contributed by atoms with Crippen LogP contribution in [-0.4, -0.2) is 51.3 Å². The molecule has 0 radical (unpaired) electrons. The van der Waals surface area contributed by atoms with Crippen LogP contribution in [0.15, 0.2) is 70.3 Å². The Kier molecular flexibility index (Phi) is 8.31. The summed E-state index contributed by atoms with van der Waals surface area (Å²) in [4.78, 5) is 56.5. The van der Waals surface area contributed by atoms with Crippen molar-refractivity contribution in [3.63, 3.8) is 0 Å². The van der Waals surface area contributed by atoms with Crippen LogP contribution in [0.2, 0.25) is 0 Å². The van der Waals surface area contributed by atoms with E-state index in [0.29, 0.717) is 51.2 Å². The summed E-state index contributed by atoms with van der Waals surface area (Å²) in [6.45, 7) is 1.28. The number of nitrogens with one attached hydrogen (secondary N) is 8. The Bertz CT molecular complexity index is 1900. The summed E-state index contributed by atoms with van der Waals surface area (Å²) < 4.78 is 5.43. The smallest absolute Gasteiger partial charge is 0.323 e. The van der Waals surface area contributed by atoms with Crippen molar-refractivity contribution < 1.29 is 25.7 Å². The number of hydrogen-bond acceptors (Lipinski definition) is 6. The number of anilines is 3. The SMILES string of the molecule is N#Cc1ccc(NC(=O)Nc2ccc3[nH]c(=O)[nH]c3c2)cc1.O=C(NCC1CCCO1)Nc1ccc2[nH]c(=O)[nH]c2c1.[HH].[HH].[HH].[HH].[HH].[HH].[HH].[HH]. The first-order valence-electron chi connectivity index (χ1n) is 13.0. The summed E-state index contributed by atoms with van der Waals surface area (Å²) in [5.74, 6) is 0. The van der Waals surface area contributed by atoms with Crippen LogP contribution in [-0.2, 0) is 4.74 Å². The third kappa shape index (κ3) is 7.23. The number of urea groups is 2. The number of nitriles is 1. The number of nitrogens with zero attached hydrogens (tertiary/aromatic N) is 1. The van der Waals surface area contributed by atoms with E-state index in [4.69, 9.17) is 10.00 Å². The molecule has 3 heterocycles. The van der Waals surface area contributed by atoms with E-state index in [-0.39, 0.29) is 34.9 Å². The standard InChI is InChI=1S/C15H11N5O2.C13H16N4O3.8H2/c16-8-9-1-3-10(4-2-9)17-14(21)18-11-5-6-12-13(7-11)20-15(22)19-12;18-12(14-7-9-2-1-5-20-9)15-8-3-4-10-11(6-8)17-13(19)16-10;;;;;;;;/h1-7H,(H2,17,18,21)(H2,19,20,22);3-4,6,9H,1-2,5,7H2,(H2,14,15,18)(H2,16,17,19);8*1H. The number of amides is 4. The predicted molar refractivity (Wildman–Crippen MR) is 175 cm³/mol. The Morgan fingerprint density at radius 2 is 1.31 bits per heavy atom. The van der Waals surface area contributed by atoms with Crippen molar-refractivity contribution in [3.8, 4) is 6.07 Å². The molecule has 3 aromatic carbocycles. The van der Waals surface area contributed by atoms with E-state index in [1.807, 2.05) is 6.07 Å². The monoisotopic (exact) mass is 585 g/mol. The molecule has 4 amide bonds. The summed E-state index contributed by atoms with van der Waals surface area (Å²) in [6, 6.07) is 18.1. The summed E-state index contributed by atoms with van der Waals surface area (Å²) in [6.07, 6.45) is 2.15. The minimum absolute atomic E-state index is 0. The van der Waals surface area contributed by atoms with E-state index < -0.39 is 6.03 Å². The zero-order valence-electron chi connectivity index (χ0n) is 22.2. The Balaban J connectivity index is -0.000000366. The minimum Gasteiger partial charge on any atom is -0.376 e. The maximum atomic E-state index is 11.9. The van der Waals surface area contributed by atoms with Gasteiger partial charge in [-0.3, -0.25) is 0 Å². The summed E-state index contributed by atoms with van der Waals surface area (Å²) in [5.41, 5.74) is 4.36. The van der Waals surface area contributed by atoms with Crippen LogP contribution in [0, 0.1) is 11.3 Å². The highest BCUT2D eigenvalue weighted by atomic mass is 16.5. The van der Waals surface area contributed by atoms with Gasteiger partial charge in [0.1, 0.15) is 0 Å². The molecule has 0 aliphatic carbocycles. The first-order valence-corrected chi connectivity index (χ1v) is 13.0. The van der Waals surface area contributed by atoms with Gasteiger partial charge < -0.3 is 45.9 Å². The van der Waals surface area contributed by atoms with Crippen molar-refractivity contribution >= 4 is 51.2 Å². The minimum atomic E-state index is -0.415. The van der Waals surface area contributed by atoms with Crippen molar-refractivity contribution in [1.29, 1.82) is 5.26 Å². The molecule has 14 heteroatoms. The van der Waals surface area contributed by atoms with Crippen LogP contribution in [0.4, 0.5) is 26.7 Å². The lowest BCUT2D eigenvalue weighted by atomic mass is 10.2. The number of benzene rings is 3. The van der Waals surface area contributed by atoms with Gasteiger partial charge in [0.25, 0.3) is 0 Å². The van der Waals surface area contributed by atoms with E-state index in [1.54, 1.807) is 60.7 Å². The second-order valence-electron chi connectivity index (χ2n) is 9.42. The first-order chi connectivity index (χ1) is 20.3. The molecule has 8 N–H and O–H groups in total. The number of aromatic amines is 4. The lowest BCUT2D eigenvalue weighted by molar-refractivity contribution is 0.112.